The van der Waals surface area contributed by atoms with E-state index >= 15 is 0 Å². The molecule has 0 unspecified atom stereocenters. The van der Waals surface area contributed by atoms with Crippen LogP contribution in [0, 0.1) is 0 Å². The van der Waals surface area contributed by atoms with E-state index < -0.39 is 0 Å². The van der Waals surface area contributed by atoms with Crippen LogP contribution in [0.1, 0.15) is 0 Å². The number of rotatable bonds is 2. The topological polar surface area (TPSA) is 30.7 Å². The van der Waals surface area contributed by atoms with Crippen molar-refractivity contribution in [3.05, 3.63) is 101 Å². The van der Waals surface area contributed by atoms with Crippen LogP contribution in [0.5, 0.6) is 11.5 Å². The third kappa shape index (κ3) is 1.96. The molecule has 0 radical (unpaired) electrons. The summed E-state index contributed by atoms with van der Waals surface area (Å²) in [4.78, 5) is 13.5. The van der Waals surface area contributed by atoms with Crippen molar-refractivity contribution in [2.24, 2.45) is 0 Å². The number of aromatic nitrogens is 1. The van der Waals surface area contributed by atoms with Gasteiger partial charge in [0.15, 0.2) is 0 Å². The summed E-state index contributed by atoms with van der Waals surface area (Å²) >= 11 is 0. The highest BCUT2D eigenvalue weighted by Crippen LogP contribution is 2.38. The van der Waals surface area contributed by atoms with Crippen molar-refractivity contribution in [3.8, 4) is 11.5 Å². The van der Waals surface area contributed by atoms with E-state index in [0.717, 1.165) is 27.3 Å². The molecule has 0 amide bonds. The summed E-state index contributed by atoms with van der Waals surface area (Å²) in [6.45, 7) is 0. The summed E-state index contributed by atoms with van der Waals surface area (Å²) in [5.74, 6) is 1.30. The minimum Gasteiger partial charge on any atom is -0.457 e. The second-order valence-corrected chi connectivity index (χ2v) is 6.95. The molecule has 2 aromatic heterocycles. The Morgan fingerprint density at radius 2 is 1.25 bits per heavy atom. The lowest BCUT2D eigenvalue weighted by Gasteiger charge is -2.11. The van der Waals surface area contributed by atoms with Crippen LogP contribution in [0.3, 0.4) is 0 Å². The van der Waals surface area contributed by atoms with Crippen molar-refractivity contribution in [3.63, 3.8) is 0 Å². The van der Waals surface area contributed by atoms with Crippen LogP contribution in [0.15, 0.2) is 95.8 Å². The van der Waals surface area contributed by atoms with Gasteiger partial charge < -0.3 is 9.14 Å². The predicted molar refractivity (Wildman–Crippen MR) is 114 cm³/mol. The minimum atomic E-state index is 0.00226. The van der Waals surface area contributed by atoms with Crippen molar-refractivity contribution >= 4 is 38.1 Å². The van der Waals surface area contributed by atoms with Gasteiger partial charge in [-0.15, -0.1) is 0 Å². The molecule has 0 saturated carbocycles. The van der Waals surface area contributed by atoms with Crippen LogP contribution in [0.4, 0.5) is 0 Å². The van der Waals surface area contributed by atoms with E-state index in [2.05, 4.69) is 22.6 Å². The van der Waals surface area contributed by atoms with E-state index in [-0.39, 0.29) is 5.43 Å². The highest BCUT2D eigenvalue weighted by molar-refractivity contribution is 6.18. The Balaban J connectivity index is 1.85. The second-order valence-electron chi connectivity index (χ2n) is 6.95. The quantitative estimate of drug-likeness (QED) is 0.355. The summed E-state index contributed by atoms with van der Waals surface area (Å²) < 4.78 is 8.33. The fourth-order valence-electron chi connectivity index (χ4n) is 4.20. The van der Waals surface area contributed by atoms with Crippen molar-refractivity contribution < 1.29 is 4.74 Å². The molecule has 0 bridgehead atoms. The molecule has 0 N–H and O–H groups in total. The first kappa shape index (κ1) is 15.2. The van der Waals surface area contributed by atoms with Crippen molar-refractivity contribution in [2.75, 3.05) is 0 Å². The smallest absolute Gasteiger partial charge is 0.201 e. The highest BCUT2D eigenvalue weighted by Gasteiger charge is 2.20. The van der Waals surface area contributed by atoms with Gasteiger partial charge >= 0.3 is 0 Å². The van der Waals surface area contributed by atoms with Crippen molar-refractivity contribution in [2.45, 2.75) is 0 Å². The summed E-state index contributed by atoms with van der Waals surface area (Å²) in [6.07, 6.45) is 0. The Labute approximate surface area is 160 Å². The number of fused-ring (bicyclic) bond motifs is 5. The first-order chi connectivity index (χ1) is 13.8. The molecule has 0 saturated heterocycles. The Kier molecular flexibility index (Phi) is 3.03. The van der Waals surface area contributed by atoms with Gasteiger partial charge in [0, 0.05) is 16.2 Å². The van der Waals surface area contributed by atoms with Gasteiger partial charge in [0.05, 0.1) is 21.9 Å². The van der Waals surface area contributed by atoms with Gasteiger partial charge in [-0.3, -0.25) is 4.79 Å². The number of ether oxygens (including phenoxy) is 1. The molecule has 0 aliphatic rings. The molecule has 0 aliphatic heterocycles. The first-order valence-corrected chi connectivity index (χ1v) is 9.26. The first-order valence-electron chi connectivity index (χ1n) is 9.26. The maximum Gasteiger partial charge on any atom is 0.201 e. The number of benzene rings is 4. The summed E-state index contributed by atoms with van der Waals surface area (Å²) in [5, 5.41) is 3.52. The van der Waals surface area contributed by atoms with E-state index in [1.54, 1.807) is 0 Å². The second kappa shape index (κ2) is 5.57. The largest absolute Gasteiger partial charge is 0.457 e. The van der Waals surface area contributed by atoms with Crippen LogP contribution in [-0.2, 0) is 0 Å². The van der Waals surface area contributed by atoms with Gasteiger partial charge in [-0.25, -0.2) is 0 Å². The van der Waals surface area contributed by atoms with Gasteiger partial charge in [0.2, 0.25) is 5.43 Å². The Hall–Kier alpha value is -3.85. The lowest BCUT2D eigenvalue weighted by molar-refractivity contribution is 0.488. The number of nitrogens with zero attached hydrogens (tertiary/aromatic N) is 1. The molecule has 0 spiro atoms. The standard InChI is InChI=1S/C25H15NO2/c27-25-19-11-5-7-13-21(19)26-20-12-6-4-10-17(20)18-14-15-22(23(25)24(18)26)28-16-8-2-1-3-9-16/h1-15H. The lowest BCUT2D eigenvalue weighted by atomic mass is 10.1. The molecule has 3 heteroatoms. The third-order valence-electron chi connectivity index (χ3n) is 5.39. The molecule has 28 heavy (non-hydrogen) atoms. The molecule has 0 aliphatic carbocycles. The fraction of sp³-hybridized carbons (Fsp3) is 0. The SMILES string of the molecule is O=c1c2ccccc2n2c3ccccc3c3ccc(Oc4ccccc4)c1c32. The van der Waals surface area contributed by atoms with Crippen LogP contribution >= 0.6 is 0 Å². The maximum atomic E-state index is 13.5. The fourth-order valence-corrected chi connectivity index (χ4v) is 4.20. The van der Waals surface area contributed by atoms with Crippen molar-refractivity contribution in [1.29, 1.82) is 0 Å². The average Bonchev–Trinajstić information content (AvgIpc) is 3.08. The zero-order valence-electron chi connectivity index (χ0n) is 14.9. The van der Waals surface area contributed by atoms with E-state index in [1.807, 2.05) is 72.8 Å². The zero-order valence-corrected chi connectivity index (χ0v) is 14.9. The van der Waals surface area contributed by atoms with Crippen molar-refractivity contribution in [1.82, 2.24) is 4.40 Å². The monoisotopic (exact) mass is 361 g/mol. The molecular weight excluding hydrogens is 346 g/mol. The summed E-state index contributed by atoms with van der Waals surface area (Å²) in [5.41, 5.74) is 2.93. The predicted octanol–water partition coefficient (Wildman–Crippen LogP) is 5.99. The molecule has 0 fully saturated rings. The lowest BCUT2D eigenvalue weighted by Crippen LogP contribution is -2.07. The normalized spacial score (nSPS) is 11.7. The molecular formula is C25H15NO2. The Bertz CT molecular complexity index is 1550. The number of pyridine rings is 1. The van der Waals surface area contributed by atoms with E-state index in [4.69, 9.17) is 4.74 Å². The molecule has 2 heterocycles. The van der Waals surface area contributed by atoms with Gasteiger partial charge in [-0.2, -0.15) is 0 Å². The molecule has 4 aromatic carbocycles. The number of hydrogen-bond donors (Lipinski definition) is 0. The third-order valence-corrected chi connectivity index (χ3v) is 5.39. The van der Waals surface area contributed by atoms with E-state index in [9.17, 15) is 4.79 Å². The molecule has 0 atom stereocenters. The minimum absolute atomic E-state index is 0.00226. The van der Waals surface area contributed by atoms with Gasteiger partial charge in [-0.1, -0.05) is 48.5 Å². The molecule has 6 aromatic rings. The van der Waals surface area contributed by atoms with Crippen LogP contribution in [0.25, 0.3) is 38.1 Å². The van der Waals surface area contributed by atoms with Crippen LogP contribution in [0.2, 0.25) is 0 Å². The Morgan fingerprint density at radius 3 is 2.04 bits per heavy atom. The number of hydrogen-bond acceptors (Lipinski definition) is 2. The average molecular weight is 361 g/mol. The van der Waals surface area contributed by atoms with Crippen LogP contribution in [-0.4, -0.2) is 4.40 Å². The summed E-state index contributed by atoms with van der Waals surface area (Å²) in [7, 11) is 0. The Morgan fingerprint density at radius 1 is 0.607 bits per heavy atom. The number of para-hydroxylation sites is 3. The zero-order chi connectivity index (χ0) is 18.7. The van der Waals surface area contributed by atoms with E-state index in [1.165, 1.54) is 0 Å². The van der Waals surface area contributed by atoms with Gasteiger partial charge in [-0.05, 0) is 42.5 Å². The highest BCUT2D eigenvalue weighted by atomic mass is 16.5. The molecule has 6 rings (SSSR count). The molecule has 3 nitrogen and oxygen atoms in total. The molecule has 132 valence electrons. The van der Waals surface area contributed by atoms with Gasteiger partial charge in [0.25, 0.3) is 0 Å². The van der Waals surface area contributed by atoms with Crippen LogP contribution < -0.4 is 10.2 Å². The van der Waals surface area contributed by atoms with Gasteiger partial charge in [0.1, 0.15) is 11.5 Å². The summed E-state index contributed by atoms with van der Waals surface area (Å²) in [6, 6.07) is 29.6. The van der Waals surface area contributed by atoms with E-state index in [0.29, 0.717) is 22.3 Å². The maximum absolute atomic E-state index is 13.5.